The van der Waals surface area contributed by atoms with Gasteiger partial charge in [0.25, 0.3) is 0 Å². The highest BCUT2D eigenvalue weighted by molar-refractivity contribution is 5.94. The molecule has 150 valence electrons. The van der Waals surface area contributed by atoms with Crippen LogP contribution in [0.25, 0.3) is 5.69 Å². The van der Waals surface area contributed by atoms with Crippen LogP contribution in [-0.2, 0) is 4.79 Å². The number of rotatable bonds is 4. The molecular formula is C23H25N3O3. The zero-order chi connectivity index (χ0) is 20.1. The summed E-state index contributed by atoms with van der Waals surface area (Å²) in [6, 6.07) is 8.67. The van der Waals surface area contributed by atoms with E-state index in [-0.39, 0.29) is 34.8 Å². The number of allylic oxidation sites excluding steroid dienone is 2. The summed E-state index contributed by atoms with van der Waals surface area (Å²) in [5, 5.41) is 0. The molecule has 7 rings (SSSR count). The van der Waals surface area contributed by atoms with Gasteiger partial charge in [0.15, 0.2) is 0 Å². The van der Waals surface area contributed by atoms with E-state index in [1.165, 1.54) is 4.57 Å². The minimum absolute atomic E-state index is 0.122. The third-order valence-electron chi connectivity index (χ3n) is 8.43. The second-order valence-corrected chi connectivity index (χ2v) is 9.33. The molecule has 6 heteroatoms. The molecular weight excluding hydrogens is 366 g/mol. The Morgan fingerprint density at radius 3 is 2.48 bits per heavy atom. The van der Waals surface area contributed by atoms with E-state index in [1.807, 2.05) is 18.2 Å². The highest BCUT2D eigenvalue weighted by atomic mass is 16.2. The van der Waals surface area contributed by atoms with Crippen molar-refractivity contribution in [3.63, 3.8) is 0 Å². The van der Waals surface area contributed by atoms with Crippen molar-refractivity contribution in [3.05, 3.63) is 63.5 Å². The van der Waals surface area contributed by atoms with Crippen molar-refractivity contribution in [1.82, 2.24) is 13.9 Å². The topological polar surface area (TPSA) is 66.0 Å². The van der Waals surface area contributed by atoms with E-state index >= 15 is 0 Å². The SMILES string of the molecule is CCCC[C@@H]1CC(=O)[C@]2(C)[C@H]3C4C=CC(n5c(=O)n(-c6ccccc6)c(=O)n54)C132. The first kappa shape index (κ1) is 17.2. The van der Waals surface area contributed by atoms with Crippen LogP contribution in [-0.4, -0.2) is 19.7 Å². The van der Waals surface area contributed by atoms with Crippen LogP contribution >= 0.6 is 0 Å². The van der Waals surface area contributed by atoms with Gasteiger partial charge in [0, 0.05) is 23.2 Å². The van der Waals surface area contributed by atoms with Crippen molar-refractivity contribution in [2.45, 2.75) is 51.6 Å². The first-order valence-corrected chi connectivity index (χ1v) is 10.7. The molecule has 0 N–H and O–H groups in total. The Balaban J connectivity index is 1.57. The van der Waals surface area contributed by atoms with Crippen molar-refractivity contribution >= 4 is 5.78 Å². The van der Waals surface area contributed by atoms with Gasteiger partial charge in [-0.3, -0.25) is 4.79 Å². The summed E-state index contributed by atoms with van der Waals surface area (Å²) in [6.45, 7) is 4.26. The van der Waals surface area contributed by atoms with Crippen LogP contribution in [0.2, 0.25) is 0 Å². The molecule has 1 aromatic carbocycles. The van der Waals surface area contributed by atoms with E-state index < -0.39 is 5.41 Å². The van der Waals surface area contributed by atoms with Crippen LogP contribution in [0.1, 0.15) is 51.6 Å². The highest BCUT2D eigenvalue weighted by Gasteiger charge is 2.89. The van der Waals surface area contributed by atoms with Crippen molar-refractivity contribution in [2.75, 3.05) is 0 Å². The molecule has 29 heavy (non-hydrogen) atoms. The number of carbonyl (C=O) groups is 1. The van der Waals surface area contributed by atoms with Crippen LogP contribution < -0.4 is 11.4 Å². The lowest BCUT2D eigenvalue weighted by molar-refractivity contribution is -0.123. The summed E-state index contributed by atoms with van der Waals surface area (Å²) in [4.78, 5) is 39.9. The Kier molecular flexibility index (Phi) is 3.15. The molecule has 1 spiro atoms. The Morgan fingerprint density at radius 2 is 1.76 bits per heavy atom. The van der Waals surface area contributed by atoms with E-state index in [9.17, 15) is 14.4 Å². The minimum Gasteiger partial charge on any atom is -0.299 e. The maximum atomic E-state index is 13.5. The molecule has 2 saturated carbocycles. The van der Waals surface area contributed by atoms with Gasteiger partial charge in [0.05, 0.1) is 17.8 Å². The van der Waals surface area contributed by atoms with Crippen LogP contribution in [0.15, 0.2) is 52.1 Å². The lowest BCUT2D eigenvalue weighted by Gasteiger charge is -2.42. The summed E-state index contributed by atoms with van der Waals surface area (Å²) < 4.78 is 4.58. The molecule has 2 fully saturated rings. The number of carbonyl (C=O) groups excluding carboxylic acids is 1. The number of hydrogen-bond acceptors (Lipinski definition) is 3. The summed E-state index contributed by atoms with van der Waals surface area (Å²) in [6.07, 6.45) is 7.98. The minimum atomic E-state index is -0.424. The first-order valence-electron chi connectivity index (χ1n) is 10.7. The Morgan fingerprint density at radius 1 is 1.03 bits per heavy atom. The second kappa shape index (κ2) is 5.29. The van der Waals surface area contributed by atoms with Gasteiger partial charge < -0.3 is 0 Å². The van der Waals surface area contributed by atoms with E-state index in [2.05, 4.69) is 26.0 Å². The van der Waals surface area contributed by atoms with Crippen molar-refractivity contribution in [1.29, 1.82) is 0 Å². The highest BCUT2D eigenvalue weighted by Crippen LogP contribution is 2.87. The Labute approximate surface area is 168 Å². The average molecular weight is 391 g/mol. The molecule has 1 aromatic heterocycles. The number of Topliss-reactive ketones (excluding diaryl/α,β-unsaturated/α-hetero) is 1. The molecule has 0 saturated heterocycles. The summed E-state index contributed by atoms with van der Waals surface area (Å²) in [5.74, 6) is 0.736. The second-order valence-electron chi connectivity index (χ2n) is 9.33. The van der Waals surface area contributed by atoms with Crippen LogP contribution in [0.4, 0.5) is 0 Å². The van der Waals surface area contributed by atoms with E-state index in [0.29, 0.717) is 23.8 Å². The smallest absolute Gasteiger partial charge is 0.299 e. The number of unbranched alkanes of at least 4 members (excludes halogenated alkanes) is 1. The molecule has 2 aliphatic heterocycles. The number of hydrogen-bond donors (Lipinski definition) is 0. The average Bonchev–Trinajstić information content (AvgIpc) is 3.16. The van der Waals surface area contributed by atoms with E-state index in [1.54, 1.807) is 21.5 Å². The van der Waals surface area contributed by atoms with Gasteiger partial charge in [0.2, 0.25) is 0 Å². The number of aromatic nitrogens is 3. The van der Waals surface area contributed by atoms with Gasteiger partial charge in [-0.2, -0.15) is 0 Å². The predicted molar refractivity (Wildman–Crippen MR) is 108 cm³/mol. The summed E-state index contributed by atoms with van der Waals surface area (Å²) >= 11 is 0. The fraction of sp³-hybridized carbons (Fsp3) is 0.522. The zero-order valence-electron chi connectivity index (χ0n) is 16.7. The fourth-order valence-electron chi connectivity index (χ4n) is 7.35. The molecule has 5 aliphatic rings. The van der Waals surface area contributed by atoms with Gasteiger partial charge >= 0.3 is 11.4 Å². The third-order valence-corrected chi connectivity index (χ3v) is 8.43. The number of benzene rings is 1. The standard InChI is InChI=1S/C23H25N3O3/c1-3-4-8-14-13-18(27)22(2)19-16-11-12-17(23(14,19)22)26-21(29)24(20(28)25(16)26)15-9-6-5-7-10-15/h5-7,9-12,14,16-17,19H,3-4,8,13H2,1-2H3/t14-,16?,17?,19-,22-,23?/m1/s1. The third kappa shape index (κ3) is 1.66. The maximum Gasteiger partial charge on any atom is 0.352 e. The number of para-hydroxylation sites is 1. The molecule has 6 atom stereocenters. The van der Waals surface area contributed by atoms with Crippen LogP contribution in [0, 0.1) is 22.7 Å². The van der Waals surface area contributed by atoms with Gasteiger partial charge in [-0.25, -0.2) is 23.5 Å². The molecule has 0 amide bonds. The fourth-order valence-corrected chi connectivity index (χ4v) is 7.35. The molecule has 2 bridgehead atoms. The zero-order valence-corrected chi connectivity index (χ0v) is 16.7. The first-order chi connectivity index (χ1) is 14.0. The summed E-state index contributed by atoms with van der Waals surface area (Å²) in [5.41, 5.74) is -0.641. The van der Waals surface area contributed by atoms with E-state index in [4.69, 9.17) is 0 Å². The summed E-state index contributed by atoms with van der Waals surface area (Å²) in [7, 11) is 0. The van der Waals surface area contributed by atoms with Gasteiger partial charge in [-0.1, -0.05) is 57.0 Å². The maximum absolute atomic E-state index is 13.5. The van der Waals surface area contributed by atoms with Crippen molar-refractivity contribution in [3.8, 4) is 5.69 Å². The Bertz CT molecular complexity index is 1190. The normalized spacial score (nSPS) is 38.1. The molecule has 3 aliphatic carbocycles. The lowest BCUT2D eigenvalue weighted by atomic mass is 9.73. The van der Waals surface area contributed by atoms with Gasteiger partial charge in [-0.15, -0.1) is 0 Å². The molecule has 6 nitrogen and oxygen atoms in total. The van der Waals surface area contributed by atoms with Crippen molar-refractivity contribution < 1.29 is 4.79 Å². The van der Waals surface area contributed by atoms with Crippen molar-refractivity contribution in [2.24, 2.45) is 22.7 Å². The molecule has 3 unspecified atom stereocenters. The predicted octanol–water partition coefficient (Wildman–Crippen LogP) is 2.87. The Hall–Kier alpha value is -2.63. The largest absolute Gasteiger partial charge is 0.352 e. The van der Waals surface area contributed by atoms with Gasteiger partial charge in [-0.05, 0) is 24.5 Å². The number of nitrogens with zero attached hydrogens (tertiary/aromatic N) is 3. The number of ketones is 1. The molecule has 2 aromatic rings. The van der Waals surface area contributed by atoms with Crippen LogP contribution in [0.5, 0.6) is 0 Å². The molecule has 0 radical (unpaired) electrons. The van der Waals surface area contributed by atoms with E-state index in [0.717, 1.165) is 19.3 Å². The lowest BCUT2D eigenvalue weighted by Crippen LogP contribution is -2.47. The quantitative estimate of drug-likeness (QED) is 0.753. The van der Waals surface area contributed by atoms with Gasteiger partial charge in [0.1, 0.15) is 5.78 Å². The monoisotopic (exact) mass is 391 g/mol. The molecule has 3 heterocycles. The van der Waals surface area contributed by atoms with Crippen LogP contribution in [0.3, 0.4) is 0 Å².